The number of hydrogen-bond donors (Lipinski definition) is 3. The molecule has 0 saturated carbocycles. The van der Waals surface area contributed by atoms with E-state index < -0.39 is 7.12 Å². The standard InChI is InChI=1S/C15H12BNO3/c18-14-7-6-11(9-13(14)16(19)20)12-5-1-3-10-4-2-8-17-15(10)12/h1-9,18-20H. The van der Waals surface area contributed by atoms with Gasteiger partial charge < -0.3 is 15.2 Å². The number of phenols is 1. The van der Waals surface area contributed by atoms with E-state index in [2.05, 4.69) is 4.98 Å². The molecule has 98 valence electrons. The first-order chi connectivity index (χ1) is 9.66. The van der Waals surface area contributed by atoms with Crippen molar-refractivity contribution in [3.8, 4) is 16.9 Å². The minimum atomic E-state index is -1.71. The molecule has 2 aromatic carbocycles. The van der Waals surface area contributed by atoms with Crippen LogP contribution in [0.2, 0.25) is 0 Å². The number of fused-ring (bicyclic) bond motifs is 1. The summed E-state index contributed by atoms with van der Waals surface area (Å²) in [6.45, 7) is 0. The summed E-state index contributed by atoms with van der Waals surface area (Å²) in [5, 5.41) is 29.2. The summed E-state index contributed by atoms with van der Waals surface area (Å²) in [6.07, 6.45) is 1.72. The average Bonchev–Trinajstić information content (AvgIpc) is 2.47. The molecule has 0 aliphatic heterocycles. The van der Waals surface area contributed by atoms with Gasteiger partial charge in [0.2, 0.25) is 0 Å². The van der Waals surface area contributed by atoms with Crippen molar-refractivity contribution < 1.29 is 15.2 Å². The Morgan fingerprint density at radius 1 is 0.950 bits per heavy atom. The van der Waals surface area contributed by atoms with E-state index in [4.69, 9.17) is 0 Å². The lowest BCUT2D eigenvalue weighted by Gasteiger charge is -2.09. The van der Waals surface area contributed by atoms with Gasteiger partial charge in [-0.3, -0.25) is 4.98 Å². The Kier molecular flexibility index (Phi) is 3.14. The van der Waals surface area contributed by atoms with E-state index >= 15 is 0 Å². The van der Waals surface area contributed by atoms with Crippen molar-refractivity contribution in [2.75, 3.05) is 0 Å². The summed E-state index contributed by atoms with van der Waals surface area (Å²) in [6, 6.07) is 14.4. The van der Waals surface area contributed by atoms with Crippen LogP contribution in [-0.2, 0) is 0 Å². The maximum atomic E-state index is 9.63. The zero-order valence-corrected chi connectivity index (χ0v) is 10.6. The summed E-state index contributed by atoms with van der Waals surface area (Å²) in [7, 11) is -1.71. The molecule has 0 unspecified atom stereocenters. The van der Waals surface area contributed by atoms with Gasteiger partial charge in [-0.05, 0) is 17.7 Å². The first kappa shape index (κ1) is 12.7. The van der Waals surface area contributed by atoms with Crippen LogP contribution in [0.4, 0.5) is 0 Å². The van der Waals surface area contributed by atoms with Crippen LogP contribution in [-0.4, -0.2) is 27.3 Å². The molecule has 3 rings (SSSR count). The van der Waals surface area contributed by atoms with Crippen LogP contribution in [0.15, 0.2) is 54.7 Å². The van der Waals surface area contributed by atoms with Crippen LogP contribution < -0.4 is 5.46 Å². The number of aromatic hydroxyl groups is 1. The molecular weight excluding hydrogens is 253 g/mol. The molecule has 0 amide bonds. The number of phenolic OH excluding ortho intramolecular Hbond substituents is 1. The highest BCUT2D eigenvalue weighted by Crippen LogP contribution is 2.27. The highest BCUT2D eigenvalue weighted by molar-refractivity contribution is 6.59. The average molecular weight is 265 g/mol. The summed E-state index contributed by atoms with van der Waals surface area (Å²) in [5.74, 6) is -0.142. The lowest BCUT2D eigenvalue weighted by atomic mass is 9.78. The van der Waals surface area contributed by atoms with Gasteiger partial charge in [-0.1, -0.05) is 36.4 Å². The Hall–Kier alpha value is -2.37. The van der Waals surface area contributed by atoms with Crippen LogP contribution in [0, 0.1) is 0 Å². The third-order valence-corrected chi connectivity index (χ3v) is 3.25. The number of nitrogens with zero attached hydrogens (tertiary/aromatic N) is 1. The summed E-state index contributed by atoms with van der Waals surface area (Å²) in [5.41, 5.74) is 2.56. The van der Waals surface area contributed by atoms with Gasteiger partial charge >= 0.3 is 7.12 Å². The molecule has 0 aliphatic carbocycles. The third-order valence-electron chi connectivity index (χ3n) is 3.25. The van der Waals surface area contributed by atoms with E-state index in [0.717, 1.165) is 22.0 Å². The van der Waals surface area contributed by atoms with Gasteiger partial charge in [-0.25, -0.2) is 0 Å². The van der Waals surface area contributed by atoms with E-state index in [9.17, 15) is 15.2 Å². The fourth-order valence-electron chi connectivity index (χ4n) is 2.27. The number of para-hydroxylation sites is 1. The molecule has 3 aromatic rings. The minimum absolute atomic E-state index is 0.0791. The van der Waals surface area contributed by atoms with Crippen molar-refractivity contribution in [1.82, 2.24) is 4.98 Å². The molecule has 20 heavy (non-hydrogen) atoms. The van der Waals surface area contributed by atoms with Crippen LogP contribution in [0.3, 0.4) is 0 Å². The molecule has 0 saturated heterocycles. The summed E-state index contributed by atoms with van der Waals surface area (Å²) < 4.78 is 0. The molecule has 0 atom stereocenters. The van der Waals surface area contributed by atoms with Crippen molar-refractivity contribution in [1.29, 1.82) is 0 Å². The second-order valence-corrected chi connectivity index (χ2v) is 4.53. The highest BCUT2D eigenvalue weighted by atomic mass is 16.4. The molecule has 0 spiro atoms. The summed E-state index contributed by atoms with van der Waals surface area (Å²) in [4.78, 5) is 4.37. The first-order valence-electron chi connectivity index (χ1n) is 6.20. The maximum absolute atomic E-state index is 9.63. The lowest BCUT2D eigenvalue weighted by Crippen LogP contribution is -2.30. The van der Waals surface area contributed by atoms with E-state index in [1.54, 1.807) is 18.3 Å². The van der Waals surface area contributed by atoms with Crippen molar-refractivity contribution in [3.05, 3.63) is 54.7 Å². The molecule has 1 aromatic heterocycles. The Balaban J connectivity index is 2.23. The Morgan fingerprint density at radius 2 is 1.75 bits per heavy atom. The predicted octanol–water partition coefficient (Wildman–Crippen LogP) is 1.29. The fourth-order valence-corrected chi connectivity index (χ4v) is 2.27. The smallest absolute Gasteiger partial charge is 0.492 e. The summed E-state index contributed by atoms with van der Waals surface area (Å²) >= 11 is 0. The van der Waals surface area contributed by atoms with Crippen LogP contribution in [0.25, 0.3) is 22.0 Å². The van der Waals surface area contributed by atoms with Crippen LogP contribution in [0.5, 0.6) is 5.75 Å². The molecular formula is C15H12BNO3. The lowest BCUT2D eigenvalue weighted by molar-refractivity contribution is 0.419. The van der Waals surface area contributed by atoms with Crippen molar-refractivity contribution in [3.63, 3.8) is 0 Å². The molecule has 3 N–H and O–H groups in total. The predicted molar refractivity (Wildman–Crippen MR) is 78.7 cm³/mol. The number of aromatic nitrogens is 1. The highest BCUT2D eigenvalue weighted by Gasteiger charge is 2.17. The van der Waals surface area contributed by atoms with Crippen molar-refractivity contribution in [2.24, 2.45) is 0 Å². The Morgan fingerprint density at radius 3 is 2.55 bits per heavy atom. The first-order valence-corrected chi connectivity index (χ1v) is 6.20. The maximum Gasteiger partial charge on any atom is 0.492 e. The Labute approximate surface area is 116 Å². The normalized spacial score (nSPS) is 10.7. The molecule has 0 radical (unpaired) electrons. The second-order valence-electron chi connectivity index (χ2n) is 4.53. The monoisotopic (exact) mass is 265 g/mol. The van der Waals surface area contributed by atoms with Gasteiger partial charge in [0.15, 0.2) is 0 Å². The second kappa shape index (κ2) is 4.96. The molecule has 0 fully saturated rings. The number of benzene rings is 2. The topological polar surface area (TPSA) is 73.6 Å². The number of hydrogen-bond acceptors (Lipinski definition) is 4. The van der Waals surface area contributed by atoms with Crippen LogP contribution >= 0.6 is 0 Å². The van der Waals surface area contributed by atoms with E-state index in [1.165, 1.54) is 6.07 Å². The minimum Gasteiger partial charge on any atom is -0.508 e. The van der Waals surface area contributed by atoms with Gasteiger partial charge in [0.25, 0.3) is 0 Å². The quantitative estimate of drug-likeness (QED) is 0.610. The molecule has 0 aliphatic rings. The van der Waals surface area contributed by atoms with E-state index in [1.807, 2.05) is 30.3 Å². The number of pyridine rings is 1. The third kappa shape index (κ3) is 2.13. The molecule has 4 nitrogen and oxygen atoms in total. The largest absolute Gasteiger partial charge is 0.508 e. The van der Waals surface area contributed by atoms with Crippen LogP contribution in [0.1, 0.15) is 0 Å². The van der Waals surface area contributed by atoms with Gasteiger partial charge in [0, 0.05) is 22.6 Å². The van der Waals surface area contributed by atoms with Gasteiger partial charge in [0.05, 0.1) is 5.52 Å². The van der Waals surface area contributed by atoms with Crippen molar-refractivity contribution in [2.45, 2.75) is 0 Å². The zero-order chi connectivity index (χ0) is 14.1. The number of rotatable bonds is 2. The molecule has 1 heterocycles. The molecule has 5 heteroatoms. The van der Waals surface area contributed by atoms with Gasteiger partial charge in [0.1, 0.15) is 5.75 Å². The van der Waals surface area contributed by atoms with Gasteiger partial charge in [-0.15, -0.1) is 0 Å². The van der Waals surface area contributed by atoms with Crippen molar-refractivity contribution >= 4 is 23.5 Å². The van der Waals surface area contributed by atoms with Gasteiger partial charge in [-0.2, -0.15) is 0 Å². The zero-order valence-electron chi connectivity index (χ0n) is 10.6. The SMILES string of the molecule is OB(O)c1cc(-c2cccc3cccnc23)ccc1O. The Bertz CT molecular complexity index is 769. The molecule has 0 bridgehead atoms. The van der Waals surface area contributed by atoms with E-state index in [0.29, 0.717) is 0 Å². The van der Waals surface area contributed by atoms with E-state index in [-0.39, 0.29) is 11.2 Å². The fraction of sp³-hybridized carbons (Fsp3) is 0.